The quantitative estimate of drug-likeness (QED) is 0.802. The standard InChI is InChI=1S/C13H15FN2OS/c1-8-13(2,6-7-17-8)16-10-5-3-4-9(14)11(10)15-12(16)18/h3-5,8H,6-7H2,1-2H3,(H,15,18). The Morgan fingerprint density at radius 2 is 2.33 bits per heavy atom. The van der Waals surface area contributed by atoms with Gasteiger partial charge in [-0.2, -0.15) is 0 Å². The number of nitrogens with zero attached hydrogens (tertiary/aromatic N) is 1. The number of aromatic amines is 1. The summed E-state index contributed by atoms with van der Waals surface area (Å²) in [7, 11) is 0. The summed E-state index contributed by atoms with van der Waals surface area (Å²) in [6, 6.07) is 5.04. The molecule has 1 aliphatic rings. The van der Waals surface area contributed by atoms with Gasteiger partial charge in [-0.3, -0.25) is 0 Å². The highest BCUT2D eigenvalue weighted by Crippen LogP contribution is 2.36. The zero-order valence-electron chi connectivity index (χ0n) is 10.4. The Morgan fingerprint density at radius 1 is 1.56 bits per heavy atom. The number of para-hydroxylation sites is 1. The van der Waals surface area contributed by atoms with Crippen molar-refractivity contribution in [1.82, 2.24) is 9.55 Å². The predicted octanol–water partition coefficient (Wildman–Crippen LogP) is 3.36. The van der Waals surface area contributed by atoms with Gasteiger partial charge < -0.3 is 14.3 Å². The molecule has 2 heterocycles. The molecule has 1 aliphatic heterocycles. The van der Waals surface area contributed by atoms with Crippen molar-refractivity contribution in [2.75, 3.05) is 6.61 Å². The molecule has 0 saturated carbocycles. The molecule has 2 atom stereocenters. The molecule has 3 nitrogen and oxygen atoms in total. The molecule has 2 unspecified atom stereocenters. The van der Waals surface area contributed by atoms with E-state index in [-0.39, 0.29) is 17.5 Å². The molecule has 0 aliphatic carbocycles. The number of H-pyrrole nitrogens is 1. The van der Waals surface area contributed by atoms with Crippen LogP contribution in [0.25, 0.3) is 11.0 Å². The normalized spacial score (nSPS) is 28.1. The first-order valence-corrected chi connectivity index (χ1v) is 6.46. The van der Waals surface area contributed by atoms with Crippen LogP contribution < -0.4 is 0 Å². The number of aromatic nitrogens is 2. The van der Waals surface area contributed by atoms with Crippen LogP contribution in [0.5, 0.6) is 0 Å². The van der Waals surface area contributed by atoms with Crippen LogP contribution >= 0.6 is 12.2 Å². The van der Waals surface area contributed by atoms with Crippen LogP contribution in [-0.4, -0.2) is 22.3 Å². The van der Waals surface area contributed by atoms with Gasteiger partial charge in [0.05, 0.1) is 17.2 Å². The Labute approximate surface area is 110 Å². The molecule has 18 heavy (non-hydrogen) atoms. The lowest BCUT2D eigenvalue weighted by molar-refractivity contribution is 0.0770. The number of imidazole rings is 1. The highest BCUT2D eigenvalue weighted by Gasteiger charge is 2.40. The summed E-state index contributed by atoms with van der Waals surface area (Å²) in [5.41, 5.74) is 1.06. The Hall–Kier alpha value is -1.20. The van der Waals surface area contributed by atoms with Gasteiger partial charge in [0.2, 0.25) is 0 Å². The highest BCUT2D eigenvalue weighted by molar-refractivity contribution is 7.71. The second-order valence-electron chi connectivity index (χ2n) is 5.02. The van der Waals surface area contributed by atoms with Crippen LogP contribution in [0.4, 0.5) is 4.39 Å². The molecule has 1 fully saturated rings. The van der Waals surface area contributed by atoms with E-state index in [2.05, 4.69) is 11.9 Å². The molecule has 1 N–H and O–H groups in total. The lowest BCUT2D eigenvalue weighted by atomic mass is 9.94. The van der Waals surface area contributed by atoms with E-state index in [1.165, 1.54) is 6.07 Å². The number of rotatable bonds is 1. The van der Waals surface area contributed by atoms with Crippen LogP contribution in [0.15, 0.2) is 18.2 Å². The SMILES string of the molecule is CC1OCCC1(C)n1c(=S)[nH]c2c(F)cccc21. The average molecular weight is 266 g/mol. The molecular formula is C13H15FN2OS. The maximum atomic E-state index is 13.8. The zero-order valence-corrected chi connectivity index (χ0v) is 11.2. The fraction of sp³-hybridized carbons (Fsp3) is 0.462. The summed E-state index contributed by atoms with van der Waals surface area (Å²) in [4.78, 5) is 2.97. The molecule has 0 amide bonds. The maximum absolute atomic E-state index is 13.8. The first-order chi connectivity index (χ1) is 8.54. The second kappa shape index (κ2) is 3.90. The van der Waals surface area contributed by atoms with Gasteiger partial charge in [0.25, 0.3) is 0 Å². The van der Waals surface area contributed by atoms with E-state index in [1.54, 1.807) is 6.07 Å². The van der Waals surface area contributed by atoms with E-state index in [4.69, 9.17) is 17.0 Å². The van der Waals surface area contributed by atoms with Crippen molar-refractivity contribution in [3.8, 4) is 0 Å². The Morgan fingerprint density at radius 3 is 3.00 bits per heavy atom. The highest BCUT2D eigenvalue weighted by atomic mass is 32.1. The average Bonchev–Trinajstić information content (AvgIpc) is 2.82. The largest absolute Gasteiger partial charge is 0.376 e. The van der Waals surface area contributed by atoms with Crippen molar-refractivity contribution in [3.63, 3.8) is 0 Å². The molecule has 2 aromatic rings. The number of hydrogen-bond donors (Lipinski definition) is 1. The monoisotopic (exact) mass is 266 g/mol. The Bertz CT molecular complexity index is 663. The van der Waals surface area contributed by atoms with Gasteiger partial charge >= 0.3 is 0 Å². The van der Waals surface area contributed by atoms with E-state index in [1.807, 2.05) is 17.6 Å². The van der Waals surface area contributed by atoms with Gasteiger partial charge in [-0.05, 0) is 44.6 Å². The van der Waals surface area contributed by atoms with Crippen LogP contribution in [0, 0.1) is 10.6 Å². The molecule has 0 radical (unpaired) electrons. The molecule has 5 heteroatoms. The van der Waals surface area contributed by atoms with E-state index in [0.29, 0.717) is 16.9 Å². The number of nitrogens with one attached hydrogen (secondary N) is 1. The van der Waals surface area contributed by atoms with Gasteiger partial charge in [0.15, 0.2) is 4.77 Å². The summed E-state index contributed by atoms with van der Waals surface area (Å²) in [5, 5.41) is 0. The van der Waals surface area contributed by atoms with Gasteiger partial charge in [-0.1, -0.05) is 6.07 Å². The lowest BCUT2D eigenvalue weighted by Gasteiger charge is -2.30. The van der Waals surface area contributed by atoms with Gasteiger partial charge in [-0.25, -0.2) is 4.39 Å². The van der Waals surface area contributed by atoms with E-state index in [9.17, 15) is 4.39 Å². The lowest BCUT2D eigenvalue weighted by Crippen LogP contribution is -2.36. The van der Waals surface area contributed by atoms with Crippen LogP contribution in [0.2, 0.25) is 0 Å². The van der Waals surface area contributed by atoms with Gasteiger partial charge in [0.1, 0.15) is 11.3 Å². The summed E-state index contributed by atoms with van der Waals surface area (Å²) >= 11 is 5.36. The van der Waals surface area contributed by atoms with Crippen LogP contribution in [-0.2, 0) is 10.3 Å². The van der Waals surface area contributed by atoms with Gasteiger partial charge in [0, 0.05) is 6.61 Å². The summed E-state index contributed by atoms with van der Waals surface area (Å²) in [5.74, 6) is -0.271. The summed E-state index contributed by atoms with van der Waals surface area (Å²) in [6.07, 6.45) is 0.942. The smallest absolute Gasteiger partial charge is 0.178 e. The van der Waals surface area contributed by atoms with Crippen molar-refractivity contribution in [3.05, 3.63) is 28.8 Å². The number of ether oxygens (including phenoxy) is 1. The number of hydrogen-bond acceptors (Lipinski definition) is 2. The Kier molecular flexibility index (Phi) is 2.57. The predicted molar refractivity (Wildman–Crippen MR) is 70.8 cm³/mol. The third-order valence-electron chi connectivity index (χ3n) is 4.03. The topological polar surface area (TPSA) is 29.9 Å². The molecular weight excluding hydrogens is 251 g/mol. The first kappa shape index (κ1) is 11.9. The number of fused-ring (bicyclic) bond motifs is 1. The molecule has 3 rings (SSSR count). The maximum Gasteiger partial charge on any atom is 0.178 e. The van der Waals surface area contributed by atoms with E-state index in [0.717, 1.165) is 11.9 Å². The number of benzene rings is 1. The van der Waals surface area contributed by atoms with Gasteiger partial charge in [-0.15, -0.1) is 0 Å². The van der Waals surface area contributed by atoms with Crippen molar-refractivity contribution >= 4 is 23.3 Å². The molecule has 1 saturated heterocycles. The Balaban J connectivity index is 2.33. The molecule has 1 aromatic carbocycles. The van der Waals surface area contributed by atoms with Crippen molar-refractivity contribution in [2.45, 2.75) is 31.9 Å². The summed E-state index contributed by atoms with van der Waals surface area (Å²) < 4.78 is 22.0. The molecule has 0 spiro atoms. The minimum absolute atomic E-state index is 0.0615. The fourth-order valence-corrected chi connectivity index (χ4v) is 3.13. The van der Waals surface area contributed by atoms with Crippen molar-refractivity contribution in [1.29, 1.82) is 0 Å². The van der Waals surface area contributed by atoms with E-state index >= 15 is 0 Å². The number of halogens is 1. The molecule has 1 aromatic heterocycles. The minimum atomic E-state index is -0.271. The second-order valence-corrected chi connectivity index (χ2v) is 5.41. The fourth-order valence-electron chi connectivity index (χ4n) is 2.72. The zero-order chi connectivity index (χ0) is 12.9. The summed E-state index contributed by atoms with van der Waals surface area (Å²) in [6.45, 7) is 4.85. The third kappa shape index (κ3) is 1.47. The molecule has 0 bridgehead atoms. The van der Waals surface area contributed by atoms with Crippen LogP contribution in [0.3, 0.4) is 0 Å². The van der Waals surface area contributed by atoms with Crippen LogP contribution in [0.1, 0.15) is 20.3 Å². The first-order valence-electron chi connectivity index (χ1n) is 6.05. The van der Waals surface area contributed by atoms with Crippen molar-refractivity contribution in [2.24, 2.45) is 0 Å². The molecule has 96 valence electrons. The third-order valence-corrected chi connectivity index (χ3v) is 4.31. The van der Waals surface area contributed by atoms with E-state index < -0.39 is 0 Å². The van der Waals surface area contributed by atoms with Crippen molar-refractivity contribution < 1.29 is 9.13 Å². The minimum Gasteiger partial charge on any atom is -0.376 e.